The Morgan fingerprint density at radius 2 is 1.63 bits per heavy atom. The molecule has 4 rings (SSSR count). The first-order valence-electron chi connectivity index (χ1n) is 11.5. The minimum atomic E-state index is -0.293. The van der Waals surface area contributed by atoms with Gasteiger partial charge in [-0.25, -0.2) is 5.43 Å². The van der Waals surface area contributed by atoms with Crippen LogP contribution >= 0.6 is 23.4 Å². The van der Waals surface area contributed by atoms with Crippen LogP contribution in [-0.2, 0) is 4.79 Å². The highest BCUT2D eigenvalue weighted by Crippen LogP contribution is 2.41. The van der Waals surface area contributed by atoms with Gasteiger partial charge in [-0.05, 0) is 37.3 Å². The first-order valence-corrected chi connectivity index (χ1v) is 12.8. The van der Waals surface area contributed by atoms with Crippen LogP contribution in [0.3, 0.4) is 0 Å². The Kier molecular flexibility index (Phi) is 8.88. The fourth-order valence-electron chi connectivity index (χ4n) is 3.69. The SMILES string of the molecule is COc1cc(-c2nnc(SCC(=O)N/N=C(\C)c3ccccc3Cl)n2-c2ccccc2)cc(OC)c1OC. The van der Waals surface area contributed by atoms with Gasteiger partial charge in [0.2, 0.25) is 5.75 Å². The fourth-order valence-corrected chi connectivity index (χ4v) is 4.71. The molecule has 0 atom stereocenters. The number of para-hydroxylation sites is 1. The summed E-state index contributed by atoms with van der Waals surface area (Å²) >= 11 is 7.46. The number of benzene rings is 3. The van der Waals surface area contributed by atoms with Crippen molar-refractivity contribution in [1.82, 2.24) is 20.2 Å². The van der Waals surface area contributed by atoms with Gasteiger partial charge in [0, 0.05) is 21.8 Å². The number of methoxy groups -OCH3 is 3. The van der Waals surface area contributed by atoms with Gasteiger partial charge in [0.1, 0.15) is 0 Å². The molecule has 0 spiro atoms. The number of hydrazone groups is 1. The lowest BCUT2D eigenvalue weighted by molar-refractivity contribution is -0.118. The fraction of sp³-hybridized carbons (Fsp3) is 0.185. The Hall–Kier alpha value is -4.02. The summed E-state index contributed by atoms with van der Waals surface area (Å²) in [5.41, 5.74) is 5.47. The predicted molar refractivity (Wildman–Crippen MR) is 149 cm³/mol. The molecule has 3 aromatic carbocycles. The van der Waals surface area contributed by atoms with Gasteiger partial charge in [0.15, 0.2) is 22.5 Å². The molecule has 9 nitrogen and oxygen atoms in total. The lowest BCUT2D eigenvalue weighted by atomic mass is 10.1. The summed E-state index contributed by atoms with van der Waals surface area (Å²) in [4.78, 5) is 12.6. The number of hydrogen-bond donors (Lipinski definition) is 1. The monoisotopic (exact) mass is 551 g/mol. The zero-order valence-electron chi connectivity index (χ0n) is 21.3. The lowest BCUT2D eigenvalue weighted by Gasteiger charge is -2.15. The molecule has 0 aliphatic rings. The van der Waals surface area contributed by atoms with E-state index in [0.717, 1.165) is 11.3 Å². The van der Waals surface area contributed by atoms with Gasteiger partial charge in [-0.2, -0.15) is 5.10 Å². The van der Waals surface area contributed by atoms with Crippen LogP contribution in [0.1, 0.15) is 12.5 Å². The van der Waals surface area contributed by atoms with Crippen molar-refractivity contribution < 1.29 is 19.0 Å². The van der Waals surface area contributed by atoms with Crippen LogP contribution in [0.15, 0.2) is 77.0 Å². The van der Waals surface area contributed by atoms with Gasteiger partial charge < -0.3 is 14.2 Å². The van der Waals surface area contributed by atoms with E-state index in [1.165, 1.54) is 11.8 Å². The first-order chi connectivity index (χ1) is 18.5. The van der Waals surface area contributed by atoms with Crippen LogP contribution in [0.4, 0.5) is 0 Å². The molecular weight excluding hydrogens is 526 g/mol. The Morgan fingerprint density at radius 1 is 0.974 bits per heavy atom. The maximum Gasteiger partial charge on any atom is 0.250 e. The van der Waals surface area contributed by atoms with Gasteiger partial charge in [-0.15, -0.1) is 10.2 Å². The van der Waals surface area contributed by atoms with E-state index in [1.807, 2.05) is 53.1 Å². The average Bonchev–Trinajstić information content (AvgIpc) is 3.38. The number of carbonyl (C=O) groups excluding carboxylic acids is 1. The van der Waals surface area contributed by atoms with E-state index in [0.29, 0.717) is 44.5 Å². The minimum Gasteiger partial charge on any atom is -0.493 e. The van der Waals surface area contributed by atoms with Crippen molar-refractivity contribution in [2.45, 2.75) is 12.1 Å². The van der Waals surface area contributed by atoms with Crippen molar-refractivity contribution in [3.8, 4) is 34.3 Å². The van der Waals surface area contributed by atoms with Crippen LogP contribution in [0.2, 0.25) is 5.02 Å². The zero-order chi connectivity index (χ0) is 27.1. The van der Waals surface area contributed by atoms with E-state index in [4.69, 9.17) is 25.8 Å². The molecule has 1 aromatic heterocycles. The summed E-state index contributed by atoms with van der Waals surface area (Å²) in [5.74, 6) is 1.78. The topological polar surface area (TPSA) is 99.9 Å². The second-order valence-electron chi connectivity index (χ2n) is 7.89. The largest absolute Gasteiger partial charge is 0.493 e. The van der Waals surface area contributed by atoms with Crippen LogP contribution in [0.5, 0.6) is 17.2 Å². The summed E-state index contributed by atoms with van der Waals surface area (Å²) in [5, 5.41) is 14.1. The van der Waals surface area contributed by atoms with Crippen molar-refractivity contribution in [1.29, 1.82) is 0 Å². The van der Waals surface area contributed by atoms with E-state index >= 15 is 0 Å². The Bertz CT molecular complexity index is 1430. The Balaban J connectivity index is 1.61. The van der Waals surface area contributed by atoms with Gasteiger partial charge in [-0.3, -0.25) is 9.36 Å². The third-order valence-electron chi connectivity index (χ3n) is 5.51. The number of nitrogens with one attached hydrogen (secondary N) is 1. The quantitative estimate of drug-likeness (QED) is 0.163. The lowest BCUT2D eigenvalue weighted by Crippen LogP contribution is -2.21. The highest BCUT2D eigenvalue weighted by Gasteiger charge is 2.21. The van der Waals surface area contributed by atoms with Crippen LogP contribution in [0.25, 0.3) is 17.1 Å². The maximum atomic E-state index is 12.6. The highest BCUT2D eigenvalue weighted by molar-refractivity contribution is 7.99. The standard InChI is InChI=1S/C27H26ClN5O4S/c1-17(20-12-8-9-13-21(20)28)29-30-24(34)16-38-27-32-31-26(33(27)19-10-6-5-7-11-19)18-14-22(35-2)25(37-4)23(15-18)36-3/h5-15H,16H2,1-4H3,(H,30,34)/b29-17+. The summed E-state index contributed by atoms with van der Waals surface area (Å²) in [6.45, 7) is 1.78. The van der Waals surface area contributed by atoms with Gasteiger partial charge >= 0.3 is 0 Å². The number of amides is 1. The van der Waals surface area contributed by atoms with Crippen LogP contribution in [0, 0.1) is 0 Å². The smallest absolute Gasteiger partial charge is 0.250 e. The molecule has 0 unspecified atom stereocenters. The second-order valence-corrected chi connectivity index (χ2v) is 9.24. The van der Waals surface area contributed by atoms with Crippen molar-refractivity contribution >= 4 is 35.0 Å². The summed E-state index contributed by atoms with van der Waals surface area (Å²) in [7, 11) is 4.66. The number of halogens is 1. The van der Waals surface area contributed by atoms with E-state index in [-0.39, 0.29) is 11.7 Å². The number of nitrogens with zero attached hydrogens (tertiary/aromatic N) is 4. The second kappa shape index (κ2) is 12.5. The number of hydrogen-bond acceptors (Lipinski definition) is 8. The summed E-state index contributed by atoms with van der Waals surface area (Å²) < 4.78 is 18.4. The number of ether oxygens (including phenoxy) is 3. The molecule has 11 heteroatoms. The minimum absolute atomic E-state index is 0.0690. The molecule has 38 heavy (non-hydrogen) atoms. The zero-order valence-corrected chi connectivity index (χ0v) is 22.8. The normalized spacial score (nSPS) is 11.2. The summed E-state index contributed by atoms with van der Waals surface area (Å²) in [6, 6.07) is 20.6. The average molecular weight is 552 g/mol. The molecule has 196 valence electrons. The molecule has 1 N–H and O–H groups in total. The van der Waals surface area contributed by atoms with Crippen LogP contribution < -0.4 is 19.6 Å². The molecule has 1 amide bonds. The molecule has 0 radical (unpaired) electrons. The van der Waals surface area contributed by atoms with E-state index in [1.54, 1.807) is 46.5 Å². The highest BCUT2D eigenvalue weighted by atomic mass is 35.5. The summed E-state index contributed by atoms with van der Waals surface area (Å²) in [6.07, 6.45) is 0. The maximum absolute atomic E-state index is 12.6. The molecule has 4 aromatic rings. The number of carbonyl (C=O) groups is 1. The molecule has 0 saturated carbocycles. The molecular formula is C27H26ClN5O4S. The molecule has 0 aliphatic carbocycles. The molecule has 0 aliphatic heterocycles. The van der Waals surface area contributed by atoms with E-state index in [2.05, 4.69) is 20.7 Å². The first kappa shape index (κ1) is 27.0. The third-order valence-corrected chi connectivity index (χ3v) is 6.77. The van der Waals surface area contributed by atoms with E-state index in [9.17, 15) is 4.79 Å². The van der Waals surface area contributed by atoms with E-state index < -0.39 is 0 Å². The molecule has 0 saturated heterocycles. The van der Waals surface area contributed by atoms with Crippen molar-refractivity contribution in [3.63, 3.8) is 0 Å². The van der Waals surface area contributed by atoms with Gasteiger partial charge in [0.05, 0.1) is 32.8 Å². The third kappa shape index (κ3) is 5.92. The number of aromatic nitrogens is 3. The Morgan fingerprint density at radius 3 is 2.26 bits per heavy atom. The molecule has 1 heterocycles. The molecule has 0 fully saturated rings. The number of rotatable bonds is 10. The van der Waals surface area contributed by atoms with Crippen molar-refractivity contribution in [2.24, 2.45) is 5.10 Å². The van der Waals surface area contributed by atoms with Crippen molar-refractivity contribution in [2.75, 3.05) is 27.1 Å². The predicted octanol–water partition coefficient (Wildman–Crippen LogP) is 5.25. The van der Waals surface area contributed by atoms with Crippen LogP contribution in [-0.4, -0.2) is 53.5 Å². The number of thioether (sulfide) groups is 1. The Labute approximate surface area is 229 Å². The molecule has 0 bridgehead atoms. The van der Waals surface area contributed by atoms with Gasteiger partial charge in [0.25, 0.3) is 5.91 Å². The van der Waals surface area contributed by atoms with Gasteiger partial charge in [-0.1, -0.05) is 59.8 Å². The van der Waals surface area contributed by atoms with Crippen molar-refractivity contribution in [3.05, 3.63) is 77.3 Å².